The van der Waals surface area contributed by atoms with Crippen molar-refractivity contribution in [3.8, 4) is 0 Å². The monoisotopic (exact) mass is 530 g/mol. The summed E-state index contributed by atoms with van der Waals surface area (Å²) in [5.41, 5.74) is 0.0209. The van der Waals surface area contributed by atoms with Gasteiger partial charge in [0.2, 0.25) is 0 Å². The van der Waals surface area contributed by atoms with Gasteiger partial charge >= 0.3 is 12.3 Å². The van der Waals surface area contributed by atoms with Crippen LogP contribution in [0.3, 0.4) is 0 Å². The SMILES string of the molecule is CCCCCCCCCCOC(C)COP(=O)(SCCC(CCCC)c1ccccc1)C(=O)OO. The first-order valence-electron chi connectivity index (χ1n) is 13.4. The zero-order valence-electron chi connectivity index (χ0n) is 22.0. The first-order chi connectivity index (χ1) is 17.0. The Morgan fingerprint density at radius 2 is 1.57 bits per heavy atom. The zero-order chi connectivity index (χ0) is 25.8. The highest BCUT2D eigenvalue weighted by molar-refractivity contribution is 8.61. The Morgan fingerprint density at radius 1 is 0.943 bits per heavy atom. The van der Waals surface area contributed by atoms with Crippen molar-refractivity contribution in [1.82, 2.24) is 0 Å². The molecule has 0 amide bonds. The van der Waals surface area contributed by atoms with Crippen LogP contribution in [-0.2, 0) is 18.7 Å². The van der Waals surface area contributed by atoms with Gasteiger partial charge in [-0.3, -0.25) is 9.45 Å². The molecular formula is C27H47O6PS. The summed E-state index contributed by atoms with van der Waals surface area (Å²) in [5.74, 6) is 0.777. The maximum absolute atomic E-state index is 13.2. The normalized spacial score (nSPS) is 14.9. The standard InChI is InChI=1S/C27H47O6PS/c1-4-6-8-9-10-11-12-16-21-31-24(3)23-32-34(30,27(28)33-29)35-22-20-26(17-7-5-2)25-18-14-13-15-19-25/h13-15,18-19,24,26,29H,4-12,16-17,20-23H2,1-3H3. The molecular weight excluding hydrogens is 483 g/mol. The van der Waals surface area contributed by atoms with Crippen molar-refractivity contribution in [2.24, 2.45) is 0 Å². The van der Waals surface area contributed by atoms with Gasteiger partial charge in [0, 0.05) is 12.4 Å². The van der Waals surface area contributed by atoms with Crippen molar-refractivity contribution in [2.45, 2.75) is 110 Å². The summed E-state index contributed by atoms with van der Waals surface area (Å²) in [4.78, 5) is 15.9. The van der Waals surface area contributed by atoms with E-state index in [2.05, 4.69) is 30.9 Å². The minimum absolute atomic E-state index is 0.00828. The van der Waals surface area contributed by atoms with Crippen LogP contribution in [0, 0.1) is 0 Å². The van der Waals surface area contributed by atoms with E-state index in [1.165, 1.54) is 44.1 Å². The minimum Gasteiger partial charge on any atom is -0.376 e. The second-order valence-corrected chi connectivity index (χ2v) is 13.7. The molecule has 0 heterocycles. The minimum atomic E-state index is -3.88. The van der Waals surface area contributed by atoms with Gasteiger partial charge in [0.1, 0.15) is 0 Å². The molecule has 0 fully saturated rings. The summed E-state index contributed by atoms with van der Waals surface area (Å²) in [6, 6.07) is 10.2. The highest BCUT2D eigenvalue weighted by Crippen LogP contribution is 2.61. The summed E-state index contributed by atoms with van der Waals surface area (Å²) < 4.78 is 24.4. The van der Waals surface area contributed by atoms with Crippen molar-refractivity contribution in [1.29, 1.82) is 0 Å². The van der Waals surface area contributed by atoms with Crippen LogP contribution in [0.25, 0.3) is 0 Å². The van der Waals surface area contributed by atoms with Crippen LogP contribution in [0.2, 0.25) is 0 Å². The lowest BCUT2D eigenvalue weighted by molar-refractivity contribution is -0.168. The van der Waals surface area contributed by atoms with E-state index in [0.717, 1.165) is 49.9 Å². The molecule has 1 aromatic carbocycles. The molecule has 6 nitrogen and oxygen atoms in total. The van der Waals surface area contributed by atoms with Crippen LogP contribution in [0.5, 0.6) is 0 Å². The lowest BCUT2D eigenvalue weighted by Crippen LogP contribution is -2.17. The highest BCUT2D eigenvalue weighted by atomic mass is 32.7. The van der Waals surface area contributed by atoms with Gasteiger partial charge in [0.15, 0.2) is 0 Å². The average Bonchev–Trinajstić information content (AvgIpc) is 2.88. The van der Waals surface area contributed by atoms with Gasteiger partial charge in [-0.15, -0.1) is 0 Å². The molecule has 8 heteroatoms. The van der Waals surface area contributed by atoms with Crippen LogP contribution >= 0.6 is 18.0 Å². The fraction of sp³-hybridized carbons (Fsp3) is 0.741. The third-order valence-corrected chi connectivity index (χ3v) is 10.2. The van der Waals surface area contributed by atoms with Gasteiger partial charge in [-0.05, 0) is 37.7 Å². The van der Waals surface area contributed by atoms with Crippen molar-refractivity contribution in [3.05, 3.63) is 35.9 Å². The third-order valence-electron chi connectivity index (χ3n) is 6.09. The van der Waals surface area contributed by atoms with Crippen LogP contribution in [0.15, 0.2) is 30.3 Å². The quantitative estimate of drug-likeness (QED) is 0.0692. The van der Waals surface area contributed by atoms with E-state index in [-0.39, 0.29) is 12.7 Å². The Kier molecular flexibility index (Phi) is 18.6. The first kappa shape index (κ1) is 32.2. The number of carbonyl (C=O) groups is 1. The lowest BCUT2D eigenvalue weighted by Gasteiger charge is -2.20. The van der Waals surface area contributed by atoms with Crippen LogP contribution in [0.1, 0.15) is 109 Å². The number of rotatable bonds is 22. The molecule has 0 aliphatic heterocycles. The maximum atomic E-state index is 13.2. The molecule has 1 rings (SSSR count). The van der Waals surface area contributed by atoms with Gasteiger partial charge in [0.25, 0.3) is 0 Å². The number of benzene rings is 1. The fourth-order valence-corrected chi connectivity index (χ4v) is 7.21. The predicted molar refractivity (Wildman–Crippen MR) is 146 cm³/mol. The largest absolute Gasteiger partial charge is 0.434 e. The van der Waals surface area contributed by atoms with E-state index in [9.17, 15) is 9.36 Å². The van der Waals surface area contributed by atoms with Crippen LogP contribution in [0.4, 0.5) is 4.79 Å². The molecule has 0 bridgehead atoms. The zero-order valence-corrected chi connectivity index (χ0v) is 23.7. The second kappa shape index (κ2) is 20.2. The van der Waals surface area contributed by atoms with E-state index in [0.29, 0.717) is 18.3 Å². The topological polar surface area (TPSA) is 82.1 Å². The summed E-state index contributed by atoms with van der Waals surface area (Å²) in [6.07, 6.45) is 13.5. The number of ether oxygens (including phenoxy) is 1. The number of hydrogen-bond donors (Lipinski definition) is 1. The molecule has 0 aliphatic rings. The maximum Gasteiger partial charge on any atom is 0.434 e. The molecule has 1 aromatic rings. The molecule has 3 atom stereocenters. The van der Waals surface area contributed by atoms with E-state index < -0.39 is 12.3 Å². The van der Waals surface area contributed by atoms with Gasteiger partial charge in [-0.25, -0.2) is 4.79 Å². The summed E-state index contributed by atoms with van der Waals surface area (Å²) in [7, 11) is 0. The van der Waals surface area contributed by atoms with E-state index in [1.54, 1.807) is 0 Å². The van der Waals surface area contributed by atoms with E-state index in [4.69, 9.17) is 14.5 Å². The van der Waals surface area contributed by atoms with Gasteiger partial charge in [0.05, 0.1) is 12.7 Å². The van der Waals surface area contributed by atoms with Gasteiger partial charge in [-0.2, -0.15) is 5.26 Å². The molecule has 202 valence electrons. The van der Waals surface area contributed by atoms with E-state index >= 15 is 0 Å². The van der Waals surface area contributed by atoms with Crippen molar-refractivity contribution >= 4 is 23.7 Å². The molecule has 0 radical (unpaired) electrons. The highest BCUT2D eigenvalue weighted by Gasteiger charge is 2.37. The van der Waals surface area contributed by atoms with Gasteiger partial charge < -0.3 is 9.26 Å². The molecule has 0 aliphatic carbocycles. The molecule has 3 unspecified atom stereocenters. The molecule has 0 saturated heterocycles. The summed E-state index contributed by atoms with van der Waals surface area (Å²) in [6.45, 7) is 2.96. The molecule has 0 spiro atoms. The molecule has 0 aromatic heterocycles. The molecule has 35 heavy (non-hydrogen) atoms. The average molecular weight is 531 g/mol. The fourth-order valence-electron chi connectivity index (χ4n) is 3.93. The first-order valence-corrected chi connectivity index (χ1v) is 16.6. The Hall–Kier alpha value is -0.850. The third kappa shape index (κ3) is 14.5. The van der Waals surface area contributed by atoms with E-state index in [1.807, 2.05) is 25.1 Å². The van der Waals surface area contributed by atoms with Gasteiger partial charge in [-0.1, -0.05) is 113 Å². The Balaban J connectivity index is 2.42. The number of carbonyl (C=O) groups excluding carboxylic acids is 1. The lowest BCUT2D eigenvalue weighted by atomic mass is 9.91. The Bertz CT molecular complexity index is 702. The van der Waals surface area contributed by atoms with Crippen molar-refractivity contribution < 1.29 is 28.8 Å². The summed E-state index contributed by atoms with van der Waals surface area (Å²) >= 11 is 0.941. The van der Waals surface area contributed by atoms with Crippen molar-refractivity contribution in [3.63, 3.8) is 0 Å². The molecule has 1 N–H and O–H groups in total. The Morgan fingerprint density at radius 3 is 2.20 bits per heavy atom. The van der Waals surface area contributed by atoms with Crippen molar-refractivity contribution in [2.75, 3.05) is 19.0 Å². The summed E-state index contributed by atoms with van der Waals surface area (Å²) in [5, 5.41) is 8.88. The van der Waals surface area contributed by atoms with Crippen LogP contribution in [-0.4, -0.2) is 36.0 Å². The second-order valence-electron chi connectivity index (χ2n) is 9.18. The number of hydrogen-bond acceptors (Lipinski definition) is 7. The molecule has 0 saturated carbocycles. The Labute approximate surface area is 217 Å². The smallest absolute Gasteiger partial charge is 0.376 e. The van der Waals surface area contributed by atoms with Crippen LogP contribution < -0.4 is 0 Å². The number of unbranched alkanes of at least 4 members (excludes halogenated alkanes) is 8. The predicted octanol–water partition coefficient (Wildman–Crippen LogP) is 9.45.